The van der Waals surface area contributed by atoms with Gasteiger partial charge in [-0.3, -0.25) is 14.3 Å². The number of rotatable bonds is 3. The summed E-state index contributed by atoms with van der Waals surface area (Å²) in [4.78, 5) is 27.6. The van der Waals surface area contributed by atoms with Gasteiger partial charge in [0, 0.05) is 0 Å². The van der Waals surface area contributed by atoms with Crippen LogP contribution in [0.15, 0.2) is 46.0 Å². The van der Waals surface area contributed by atoms with Gasteiger partial charge in [-0.25, -0.2) is 4.79 Å². The van der Waals surface area contributed by atoms with Gasteiger partial charge in [-0.15, -0.1) is 0 Å². The van der Waals surface area contributed by atoms with E-state index in [1.807, 2.05) is 44.2 Å². The zero-order valence-electron chi connectivity index (χ0n) is 13.9. The Hall–Kier alpha value is -2.62. The molecule has 1 aliphatic carbocycles. The third kappa shape index (κ3) is 2.30. The standard InChI is InChI=1S/C20H20N2O2/c1-3-13-10-15(14-8-9-14)11-17-18(13)19(23)21-20(24)22(17)16-7-5-4-6-12(16)2/h4-7,10-11,14H,3,8-9H2,1-2H3,(H,21,23,24). The molecule has 0 aliphatic heterocycles. The molecule has 1 fully saturated rings. The van der Waals surface area contributed by atoms with Crippen LogP contribution >= 0.6 is 0 Å². The van der Waals surface area contributed by atoms with E-state index in [2.05, 4.69) is 11.1 Å². The molecule has 4 heteroatoms. The van der Waals surface area contributed by atoms with E-state index in [1.54, 1.807) is 4.57 Å². The highest BCUT2D eigenvalue weighted by Gasteiger charge is 2.25. The first-order valence-electron chi connectivity index (χ1n) is 8.48. The summed E-state index contributed by atoms with van der Waals surface area (Å²) in [6.07, 6.45) is 3.14. The summed E-state index contributed by atoms with van der Waals surface area (Å²) in [6, 6.07) is 11.9. The summed E-state index contributed by atoms with van der Waals surface area (Å²) in [5.74, 6) is 0.569. The molecule has 24 heavy (non-hydrogen) atoms. The second-order valence-electron chi connectivity index (χ2n) is 6.58. The number of hydrogen-bond acceptors (Lipinski definition) is 2. The van der Waals surface area contributed by atoms with E-state index in [9.17, 15) is 9.59 Å². The normalized spacial score (nSPS) is 14.2. The lowest BCUT2D eigenvalue weighted by atomic mass is 10.00. The number of benzene rings is 2. The maximum atomic E-state index is 12.6. The topological polar surface area (TPSA) is 54.9 Å². The van der Waals surface area contributed by atoms with Crippen LogP contribution in [-0.4, -0.2) is 9.55 Å². The summed E-state index contributed by atoms with van der Waals surface area (Å²) in [5, 5.41) is 0.629. The lowest BCUT2D eigenvalue weighted by molar-refractivity contribution is 0.927. The third-order valence-electron chi connectivity index (χ3n) is 4.90. The van der Waals surface area contributed by atoms with E-state index in [4.69, 9.17) is 0 Å². The monoisotopic (exact) mass is 320 g/mol. The Morgan fingerprint density at radius 2 is 1.92 bits per heavy atom. The largest absolute Gasteiger partial charge is 0.333 e. The summed E-state index contributed by atoms with van der Waals surface area (Å²) in [7, 11) is 0. The van der Waals surface area contributed by atoms with Crippen LogP contribution < -0.4 is 11.2 Å². The van der Waals surface area contributed by atoms with Gasteiger partial charge in [0.25, 0.3) is 5.56 Å². The van der Waals surface area contributed by atoms with Gasteiger partial charge >= 0.3 is 5.69 Å². The SMILES string of the molecule is CCc1cc(C2CC2)cc2c1c(=O)[nH]c(=O)n2-c1ccccc1C. The van der Waals surface area contributed by atoms with Crippen LogP contribution in [-0.2, 0) is 6.42 Å². The van der Waals surface area contributed by atoms with Gasteiger partial charge in [0.05, 0.1) is 16.6 Å². The smallest absolute Gasteiger partial charge is 0.273 e. The number of fused-ring (bicyclic) bond motifs is 1. The number of aromatic amines is 1. The van der Waals surface area contributed by atoms with Crippen LogP contribution in [0.25, 0.3) is 16.6 Å². The van der Waals surface area contributed by atoms with Crippen molar-refractivity contribution >= 4 is 10.9 Å². The molecule has 0 saturated heterocycles. The van der Waals surface area contributed by atoms with Crippen molar-refractivity contribution in [1.82, 2.24) is 9.55 Å². The molecule has 0 amide bonds. The lowest BCUT2D eigenvalue weighted by Crippen LogP contribution is -2.30. The fraction of sp³-hybridized carbons (Fsp3) is 0.300. The van der Waals surface area contributed by atoms with E-state index in [-0.39, 0.29) is 11.2 Å². The molecule has 4 nitrogen and oxygen atoms in total. The van der Waals surface area contributed by atoms with E-state index in [0.717, 1.165) is 28.8 Å². The molecule has 1 aromatic heterocycles. The van der Waals surface area contributed by atoms with Gasteiger partial charge < -0.3 is 0 Å². The third-order valence-corrected chi connectivity index (χ3v) is 4.90. The van der Waals surface area contributed by atoms with Gasteiger partial charge in [-0.05, 0) is 60.9 Å². The molecule has 1 aliphatic rings. The van der Waals surface area contributed by atoms with Crippen molar-refractivity contribution in [3.8, 4) is 5.69 Å². The van der Waals surface area contributed by atoms with Crippen molar-refractivity contribution in [2.24, 2.45) is 0 Å². The lowest BCUT2D eigenvalue weighted by Gasteiger charge is -2.15. The van der Waals surface area contributed by atoms with Crippen molar-refractivity contribution in [3.63, 3.8) is 0 Å². The molecular formula is C20H20N2O2. The van der Waals surface area contributed by atoms with Crippen molar-refractivity contribution in [2.75, 3.05) is 0 Å². The summed E-state index contributed by atoms with van der Waals surface area (Å²) >= 11 is 0. The fourth-order valence-electron chi connectivity index (χ4n) is 3.46. The van der Waals surface area contributed by atoms with Gasteiger partial charge in [0.2, 0.25) is 0 Å². The minimum atomic E-state index is -0.378. The van der Waals surface area contributed by atoms with E-state index in [1.165, 1.54) is 18.4 Å². The molecule has 3 aromatic rings. The van der Waals surface area contributed by atoms with Gasteiger partial charge in [-0.2, -0.15) is 0 Å². The molecule has 0 unspecified atom stereocenters. The first-order valence-corrected chi connectivity index (χ1v) is 8.48. The first-order chi connectivity index (χ1) is 11.6. The molecular weight excluding hydrogens is 300 g/mol. The maximum Gasteiger partial charge on any atom is 0.333 e. The minimum Gasteiger partial charge on any atom is -0.273 e. The predicted molar refractivity (Wildman–Crippen MR) is 96.3 cm³/mol. The molecule has 0 bridgehead atoms. The highest BCUT2D eigenvalue weighted by Crippen LogP contribution is 2.41. The van der Waals surface area contributed by atoms with Crippen molar-refractivity contribution < 1.29 is 0 Å². The Kier molecular flexibility index (Phi) is 3.41. The number of nitrogens with one attached hydrogen (secondary N) is 1. The summed E-state index contributed by atoms with van der Waals surface area (Å²) < 4.78 is 1.65. The van der Waals surface area contributed by atoms with E-state index >= 15 is 0 Å². The molecule has 1 saturated carbocycles. The number of nitrogens with zero attached hydrogens (tertiary/aromatic N) is 1. The highest BCUT2D eigenvalue weighted by atomic mass is 16.2. The Labute approximate surface area is 139 Å². The van der Waals surface area contributed by atoms with Crippen LogP contribution in [0, 0.1) is 6.92 Å². The van der Waals surface area contributed by atoms with E-state index < -0.39 is 0 Å². The summed E-state index contributed by atoms with van der Waals surface area (Å²) in [5.41, 5.74) is 4.13. The summed E-state index contributed by atoms with van der Waals surface area (Å²) in [6.45, 7) is 4.03. The number of aromatic nitrogens is 2. The second-order valence-corrected chi connectivity index (χ2v) is 6.58. The van der Waals surface area contributed by atoms with E-state index in [0.29, 0.717) is 11.3 Å². The molecule has 0 spiro atoms. The average Bonchev–Trinajstić information content (AvgIpc) is 3.40. The molecule has 122 valence electrons. The van der Waals surface area contributed by atoms with Gasteiger partial charge in [0.1, 0.15) is 0 Å². The van der Waals surface area contributed by atoms with Gasteiger partial charge in [0.15, 0.2) is 0 Å². The Balaban J connectivity index is 2.17. The van der Waals surface area contributed by atoms with Crippen LogP contribution in [0.3, 0.4) is 0 Å². The first kappa shape index (κ1) is 14.9. The molecule has 1 heterocycles. The zero-order valence-corrected chi connectivity index (χ0v) is 13.9. The Morgan fingerprint density at radius 1 is 1.17 bits per heavy atom. The minimum absolute atomic E-state index is 0.293. The molecule has 0 atom stereocenters. The van der Waals surface area contributed by atoms with Crippen molar-refractivity contribution in [1.29, 1.82) is 0 Å². The number of H-pyrrole nitrogens is 1. The number of aryl methyl sites for hydroxylation is 2. The van der Waals surface area contributed by atoms with Gasteiger partial charge in [-0.1, -0.05) is 31.2 Å². The van der Waals surface area contributed by atoms with Crippen molar-refractivity contribution in [2.45, 2.75) is 39.0 Å². The van der Waals surface area contributed by atoms with Crippen LogP contribution in [0.5, 0.6) is 0 Å². The Morgan fingerprint density at radius 3 is 2.58 bits per heavy atom. The predicted octanol–water partition coefficient (Wildman–Crippen LogP) is 3.43. The van der Waals surface area contributed by atoms with Crippen LogP contribution in [0.2, 0.25) is 0 Å². The number of para-hydroxylation sites is 1. The molecule has 0 radical (unpaired) electrons. The average molecular weight is 320 g/mol. The van der Waals surface area contributed by atoms with Crippen LogP contribution in [0.4, 0.5) is 0 Å². The quantitative estimate of drug-likeness (QED) is 0.804. The highest BCUT2D eigenvalue weighted by molar-refractivity contribution is 5.84. The Bertz CT molecular complexity index is 1060. The van der Waals surface area contributed by atoms with Crippen molar-refractivity contribution in [3.05, 3.63) is 73.9 Å². The molecule has 2 aromatic carbocycles. The number of hydrogen-bond donors (Lipinski definition) is 1. The molecule has 1 N–H and O–H groups in total. The maximum absolute atomic E-state index is 12.6. The second kappa shape index (κ2) is 5.48. The zero-order chi connectivity index (χ0) is 16.8. The molecule has 4 rings (SSSR count). The fourth-order valence-corrected chi connectivity index (χ4v) is 3.46. The van der Waals surface area contributed by atoms with Crippen LogP contribution in [0.1, 0.15) is 42.4 Å².